The third-order valence-corrected chi connectivity index (χ3v) is 6.46. The molecule has 38 heavy (non-hydrogen) atoms. The summed E-state index contributed by atoms with van der Waals surface area (Å²) in [6, 6.07) is 7.12. The highest BCUT2D eigenvalue weighted by atomic mass is 19.4. The summed E-state index contributed by atoms with van der Waals surface area (Å²) in [5.74, 6) is 0.620. The molecule has 0 bridgehead atoms. The van der Waals surface area contributed by atoms with Crippen molar-refractivity contribution < 1.29 is 22.7 Å². The summed E-state index contributed by atoms with van der Waals surface area (Å²) in [5.41, 5.74) is 1.60. The number of benzene rings is 1. The number of aromatic nitrogens is 5. The van der Waals surface area contributed by atoms with Gasteiger partial charge in [0.1, 0.15) is 18.2 Å². The van der Waals surface area contributed by atoms with Gasteiger partial charge in [0, 0.05) is 55.9 Å². The molecule has 4 aromatic rings. The molecule has 0 fully saturated rings. The Bertz CT molecular complexity index is 1490. The lowest BCUT2D eigenvalue weighted by molar-refractivity contribution is -0.140. The fourth-order valence-electron chi connectivity index (χ4n) is 4.75. The van der Waals surface area contributed by atoms with E-state index in [2.05, 4.69) is 15.1 Å². The number of carbonyl (C=O) groups excluding carboxylic acids is 1. The second-order valence-electron chi connectivity index (χ2n) is 9.31. The van der Waals surface area contributed by atoms with Crippen LogP contribution < -0.4 is 4.74 Å². The summed E-state index contributed by atoms with van der Waals surface area (Å²) < 4.78 is 50.9. The number of hydrogen-bond donors (Lipinski definition) is 0. The van der Waals surface area contributed by atoms with Crippen molar-refractivity contribution in [1.82, 2.24) is 29.2 Å². The average molecular weight is 525 g/mol. The minimum atomic E-state index is -4.68. The van der Waals surface area contributed by atoms with Crippen LogP contribution in [0.2, 0.25) is 0 Å². The Labute approximate surface area is 217 Å². The molecule has 1 aliphatic rings. The molecule has 0 unspecified atom stereocenters. The number of imidazole rings is 1. The number of nitrogens with zero attached hydrogens (tertiary/aromatic N) is 6. The maximum atomic E-state index is 14.0. The first-order chi connectivity index (χ1) is 18.1. The Balaban J connectivity index is 1.64. The van der Waals surface area contributed by atoms with Crippen LogP contribution in [-0.2, 0) is 32.7 Å². The van der Waals surface area contributed by atoms with E-state index in [1.807, 2.05) is 36.7 Å². The molecule has 0 N–H and O–H groups in total. The van der Waals surface area contributed by atoms with Crippen molar-refractivity contribution in [2.45, 2.75) is 39.5 Å². The zero-order valence-corrected chi connectivity index (χ0v) is 21.3. The number of fused-ring (bicyclic) bond motifs is 1. The number of carbonyl (C=O) groups is 1. The van der Waals surface area contributed by atoms with E-state index in [9.17, 15) is 18.0 Å². The first kappa shape index (κ1) is 25.5. The SMILES string of the molecule is CCc1nccn1Cc1cc2c(c(-c3cn(C)nc3C(F)(F)F)c1)OCCN(Cc1cc(C)ccn1)C2=O. The normalized spacial score (nSPS) is 13.8. The summed E-state index contributed by atoms with van der Waals surface area (Å²) in [4.78, 5) is 24.2. The lowest BCUT2D eigenvalue weighted by Gasteiger charge is -2.20. The molecule has 0 atom stereocenters. The largest absolute Gasteiger partial charge is 0.490 e. The maximum Gasteiger partial charge on any atom is 0.435 e. The lowest BCUT2D eigenvalue weighted by atomic mass is 9.97. The Kier molecular flexibility index (Phi) is 6.68. The number of aryl methyl sites for hydroxylation is 3. The predicted octanol–water partition coefficient (Wildman–Crippen LogP) is 4.65. The summed E-state index contributed by atoms with van der Waals surface area (Å²) in [7, 11) is 1.43. The van der Waals surface area contributed by atoms with E-state index < -0.39 is 11.9 Å². The van der Waals surface area contributed by atoms with Crippen molar-refractivity contribution in [2.24, 2.45) is 7.05 Å². The van der Waals surface area contributed by atoms with Gasteiger partial charge in [-0.1, -0.05) is 6.92 Å². The van der Waals surface area contributed by atoms with Crippen LogP contribution in [0.3, 0.4) is 0 Å². The van der Waals surface area contributed by atoms with E-state index in [0.717, 1.165) is 21.8 Å². The third kappa shape index (κ3) is 5.00. The Morgan fingerprint density at radius 3 is 2.58 bits per heavy atom. The standard InChI is InChI=1S/C27H27F3N6O2/c1-4-23-32-7-8-35(23)14-18-12-20(22-16-34(3)33-25(22)27(28,29)30)24-21(13-18)26(37)36(9-10-38-24)15-19-11-17(2)5-6-31-19/h5-8,11-13,16H,4,9-10,14-15H2,1-3H3. The quantitative estimate of drug-likeness (QED) is 0.367. The van der Waals surface area contributed by atoms with Crippen molar-refractivity contribution in [3.8, 4) is 16.9 Å². The average Bonchev–Trinajstić information content (AvgIpc) is 3.45. The Morgan fingerprint density at radius 2 is 1.84 bits per heavy atom. The molecular formula is C27H27F3N6O2. The van der Waals surface area contributed by atoms with Gasteiger partial charge >= 0.3 is 6.18 Å². The van der Waals surface area contributed by atoms with Crippen molar-refractivity contribution in [1.29, 1.82) is 0 Å². The van der Waals surface area contributed by atoms with Crippen LogP contribution in [-0.4, -0.2) is 48.3 Å². The van der Waals surface area contributed by atoms with Crippen LogP contribution in [0.5, 0.6) is 5.75 Å². The topological polar surface area (TPSA) is 78.1 Å². The van der Waals surface area contributed by atoms with Gasteiger partial charge in [-0.15, -0.1) is 0 Å². The van der Waals surface area contributed by atoms with Gasteiger partial charge in [-0.05, 0) is 42.3 Å². The number of halogens is 3. The molecule has 0 spiro atoms. The lowest BCUT2D eigenvalue weighted by Crippen LogP contribution is -2.32. The second-order valence-corrected chi connectivity index (χ2v) is 9.31. The number of hydrogen-bond acceptors (Lipinski definition) is 5. The third-order valence-electron chi connectivity index (χ3n) is 6.46. The van der Waals surface area contributed by atoms with Gasteiger partial charge in [0.15, 0.2) is 5.69 Å². The van der Waals surface area contributed by atoms with Crippen LogP contribution in [0.25, 0.3) is 11.1 Å². The van der Waals surface area contributed by atoms with Gasteiger partial charge in [0.25, 0.3) is 5.91 Å². The smallest absolute Gasteiger partial charge is 0.435 e. The number of pyridine rings is 1. The Hall–Kier alpha value is -4.15. The van der Waals surface area contributed by atoms with Gasteiger partial charge in [-0.25, -0.2) is 4.98 Å². The molecule has 3 aromatic heterocycles. The molecule has 0 saturated heterocycles. The van der Waals surface area contributed by atoms with Crippen LogP contribution in [0.15, 0.2) is 49.1 Å². The summed E-state index contributed by atoms with van der Waals surface area (Å²) >= 11 is 0. The van der Waals surface area contributed by atoms with Gasteiger partial charge < -0.3 is 14.2 Å². The zero-order chi connectivity index (χ0) is 27.0. The number of alkyl halides is 3. The molecule has 5 rings (SSSR count). The van der Waals surface area contributed by atoms with E-state index >= 15 is 0 Å². The zero-order valence-electron chi connectivity index (χ0n) is 21.3. The summed E-state index contributed by atoms with van der Waals surface area (Å²) in [5, 5.41) is 3.68. The summed E-state index contributed by atoms with van der Waals surface area (Å²) in [6.45, 7) is 4.89. The predicted molar refractivity (Wildman–Crippen MR) is 134 cm³/mol. The molecule has 8 nitrogen and oxygen atoms in total. The Morgan fingerprint density at radius 1 is 1.05 bits per heavy atom. The molecule has 198 valence electrons. The molecule has 1 aromatic carbocycles. The van der Waals surface area contributed by atoms with Gasteiger partial charge in [0.05, 0.1) is 24.3 Å². The van der Waals surface area contributed by atoms with Gasteiger partial charge in [-0.2, -0.15) is 18.3 Å². The van der Waals surface area contributed by atoms with E-state index in [4.69, 9.17) is 4.74 Å². The first-order valence-electron chi connectivity index (χ1n) is 12.3. The highest BCUT2D eigenvalue weighted by Gasteiger charge is 2.39. The minimum Gasteiger partial charge on any atom is -0.490 e. The monoisotopic (exact) mass is 524 g/mol. The van der Waals surface area contributed by atoms with Gasteiger partial charge in [0.2, 0.25) is 0 Å². The fraction of sp³-hybridized carbons (Fsp3) is 0.333. The highest BCUT2D eigenvalue weighted by Crippen LogP contribution is 2.42. The van der Waals surface area contributed by atoms with E-state index in [0.29, 0.717) is 18.5 Å². The van der Waals surface area contributed by atoms with Crippen LogP contribution in [0.4, 0.5) is 13.2 Å². The van der Waals surface area contributed by atoms with Gasteiger partial charge in [-0.3, -0.25) is 14.5 Å². The molecular weight excluding hydrogens is 497 g/mol. The fourth-order valence-corrected chi connectivity index (χ4v) is 4.75. The second kappa shape index (κ2) is 9.96. The first-order valence-corrected chi connectivity index (χ1v) is 12.3. The van der Waals surface area contributed by atoms with Crippen LogP contribution in [0.1, 0.15) is 45.6 Å². The molecule has 0 radical (unpaired) electrons. The van der Waals surface area contributed by atoms with Crippen molar-refractivity contribution in [2.75, 3.05) is 13.2 Å². The van der Waals surface area contributed by atoms with Crippen molar-refractivity contribution in [3.05, 3.63) is 83.0 Å². The molecule has 11 heteroatoms. The molecule has 1 amide bonds. The molecule has 0 aliphatic carbocycles. The maximum absolute atomic E-state index is 14.0. The van der Waals surface area contributed by atoms with Crippen molar-refractivity contribution >= 4 is 5.91 Å². The van der Waals surface area contributed by atoms with Crippen molar-refractivity contribution in [3.63, 3.8) is 0 Å². The highest BCUT2D eigenvalue weighted by molar-refractivity contribution is 6.00. The number of amides is 1. The minimum absolute atomic E-state index is 0.123. The van der Waals surface area contributed by atoms with E-state index in [1.54, 1.807) is 29.4 Å². The van der Waals surface area contributed by atoms with Crippen LogP contribution in [0, 0.1) is 6.92 Å². The van der Waals surface area contributed by atoms with Crippen LogP contribution >= 0.6 is 0 Å². The molecule has 0 saturated carbocycles. The van der Waals surface area contributed by atoms with E-state index in [-0.39, 0.29) is 48.0 Å². The molecule has 4 heterocycles. The summed E-state index contributed by atoms with van der Waals surface area (Å²) in [6.07, 6.45) is 2.48. The number of ether oxygens (including phenoxy) is 1. The van der Waals surface area contributed by atoms with E-state index in [1.165, 1.54) is 13.2 Å². The molecule has 1 aliphatic heterocycles. The number of rotatable bonds is 6.